The maximum Gasteiger partial charge on any atom is 0.255 e. The van der Waals surface area contributed by atoms with Gasteiger partial charge < -0.3 is 20.7 Å². The lowest BCUT2D eigenvalue weighted by Crippen LogP contribution is -2.38. The topological polar surface area (TPSA) is 134 Å². The summed E-state index contributed by atoms with van der Waals surface area (Å²) in [7, 11) is -2.67. The van der Waals surface area contributed by atoms with E-state index < -0.39 is 22.6 Å². The normalized spacial score (nSPS) is 20.4. The molecule has 4 N–H and O–H groups in total. The number of nitrogens with zero attached hydrogens (tertiary/aromatic N) is 2. The van der Waals surface area contributed by atoms with Gasteiger partial charge >= 0.3 is 0 Å². The Kier molecular flexibility index (Phi) is 7.46. The first-order chi connectivity index (χ1) is 15.9. The summed E-state index contributed by atoms with van der Waals surface area (Å²) < 4.78 is 44.2. The van der Waals surface area contributed by atoms with Gasteiger partial charge in [-0.1, -0.05) is 24.4 Å². The van der Waals surface area contributed by atoms with Crippen LogP contribution in [0.4, 0.5) is 21.8 Å². The van der Waals surface area contributed by atoms with Crippen molar-refractivity contribution in [2.75, 3.05) is 30.3 Å². The minimum Gasteiger partial charge on any atom is -0.489 e. The minimum atomic E-state index is -2.67. The zero-order chi connectivity index (χ0) is 23.4. The Labute approximate surface area is 196 Å². The fourth-order valence-corrected chi connectivity index (χ4v) is 4.61. The van der Waals surface area contributed by atoms with Crippen LogP contribution in [-0.2, 0) is 10.9 Å². The first-order valence-corrected chi connectivity index (χ1v) is 12.1. The molecule has 1 aliphatic carbocycles. The lowest BCUT2D eigenvalue weighted by molar-refractivity contribution is 0.0956. The van der Waals surface area contributed by atoms with Crippen molar-refractivity contribution in [2.45, 2.75) is 31.7 Å². The van der Waals surface area contributed by atoms with E-state index in [1.54, 1.807) is 0 Å². The molecule has 1 aromatic heterocycles. The number of ether oxygens (including phenoxy) is 1. The highest BCUT2D eigenvalue weighted by molar-refractivity contribution is 7.70. The highest BCUT2D eigenvalue weighted by atomic mass is 35.5. The second-order valence-corrected chi connectivity index (χ2v) is 9.10. The molecule has 2 aliphatic rings. The van der Waals surface area contributed by atoms with Crippen molar-refractivity contribution < 1.29 is 22.3 Å². The maximum atomic E-state index is 14.2. The standard InChI is InChI=1S/C20H24ClFN6O4S/c21-14-10-24-20(27-16-8-12(22)7-13-17(16)32-6-5-23-19(13)29)28-18(14)26-15-4-2-1-3-11(15)9-25-33(30)31/h7-8,10-11,15,33H,1-6,9H2,(H,23,29)(H,25,30,31)(H2,24,26,27,28)/t11-,15-/m1/s1. The van der Waals surface area contributed by atoms with Crippen molar-refractivity contribution >= 4 is 45.9 Å². The van der Waals surface area contributed by atoms with Gasteiger partial charge in [-0.3, -0.25) is 4.79 Å². The van der Waals surface area contributed by atoms with Gasteiger partial charge in [0.1, 0.15) is 17.4 Å². The average Bonchev–Trinajstić information content (AvgIpc) is 2.97. The molecule has 33 heavy (non-hydrogen) atoms. The zero-order valence-electron chi connectivity index (χ0n) is 17.6. The monoisotopic (exact) mass is 498 g/mol. The molecule has 2 aromatic rings. The Bertz CT molecular complexity index is 1110. The predicted octanol–water partition coefficient (Wildman–Crippen LogP) is 2.22. The molecule has 1 saturated carbocycles. The fraction of sp³-hybridized carbons (Fsp3) is 0.450. The maximum absolute atomic E-state index is 14.2. The van der Waals surface area contributed by atoms with E-state index in [0.717, 1.165) is 31.7 Å². The van der Waals surface area contributed by atoms with Crippen molar-refractivity contribution in [1.82, 2.24) is 20.0 Å². The summed E-state index contributed by atoms with van der Waals surface area (Å²) in [5.41, 5.74) is 0.297. The first-order valence-electron chi connectivity index (χ1n) is 10.6. The van der Waals surface area contributed by atoms with Gasteiger partial charge in [0.2, 0.25) is 16.8 Å². The number of fused-ring (bicyclic) bond motifs is 1. The van der Waals surface area contributed by atoms with Crippen LogP contribution in [-0.4, -0.2) is 50.0 Å². The van der Waals surface area contributed by atoms with Gasteiger partial charge in [-0.05, 0) is 24.8 Å². The molecule has 0 bridgehead atoms. The molecule has 2 heterocycles. The van der Waals surface area contributed by atoms with Crippen LogP contribution in [0.5, 0.6) is 5.75 Å². The van der Waals surface area contributed by atoms with Crippen molar-refractivity contribution in [2.24, 2.45) is 5.92 Å². The van der Waals surface area contributed by atoms with Crippen molar-refractivity contribution in [3.05, 3.63) is 34.7 Å². The molecule has 0 unspecified atom stereocenters. The number of carbonyl (C=O) groups is 1. The molecule has 0 saturated heterocycles. The molecule has 13 heteroatoms. The van der Waals surface area contributed by atoms with Crippen LogP contribution in [0, 0.1) is 11.7 Å². The number of amides is 1. The number of carbonyl (C=O) groups excluding carboxylic acids is 1. The Morgan fingerprint density at radius 1 is 1.27 bits per heavy atom. The second-order valence-electron chi connectivity index (χ2n) is 7.86. The molecule has 10 nitrogen and oxygen atoms in total. The third-order valence-electron chi connectivity index (χ3n) is 5.64. The van der Waals surface area contributed by atoms with Gasteiger partial charge in [-0.25, -0.2) is 22.5 Å². The first kappa shape index (κ1) is 23.5. The molecule has 178 valence electrons. The van der Waals surface area contributed by atoms with Crippen LogP contribution in [0.15, 0.2) is 18.3 Å². The molecular formula is C20H24ClFN6O4S. The van der Waals surface area contributed by atoms with Crippen LogP contribution in [0.25, 0.3) is 0 Å². The Morgan fingerprint density at radius 3 is 2.91 bits per heavy atom. The number of rotatable bonds is 7. The zero-order valence-corrected chi connectivity index (χ0v) is 19.2. The van der Waals surface area contributed by atoms with E-state index in [9.17, 15) is 17.6 Å². The average molecular weight is 499 g/mol. The van der Waals surface area contributed by atoms with Crippen LogP contribution >= 0.6 is 11.6 Å². The summed E-state index contributed by atoms with van der Waals surface area (Å²) in [6.07, 6.45) is 5.14. The lowest BCUT2D eigenvalue weighted by atomic mass is 9.84. The number of benzene rings is 1. The van der Waals surface area contributed by atoms with Crippen molar-refractivity contribution in [3.63, 3.8) is 0 Å². The third kappa shape index (κ3) is 5.81. The van der Waals surface area contributed by atoms with E-state index in [1.807, 2.05) is 0 Å². The van der Waals surface area contributed by atoms with E-state index in [1.165, 1.54) is 12.3 Å². The molecule has 1 aliphatic heterocycles. The lowest BCUT2D eigenvalue weighted by Gasteiger charge is -2.32. The van der Waals surface area contributed by atoms with Gasteiger partial charge in [0, 0.05) is 18.7 Å². The molecular weight excluding hydrogens is 475 g/mol. The van der Waals surface area contributed by atoms with Gasteiger partial charge in [-0.15, -0.1) is 0 Å². The van der Waals surface area contributed by atoms with E-state index in [2.05, 4.69) is 30.6 Å². The predicted molar refractivity (Wildman–Crippen MR) is 122 cm³/mol. The smallest absolute Gasteiger partial charge is 0.255 e. The molecule has 1 fully saturated rings. The van der Waals surface area contributed by atoms with Gasteiger partial charge in [-0.2, -0.15) is 4.98 Å². The van der Waals surface area contributed by atoms with E-state index in [4.69, 9.17) is 16.3 Å². The van der Waals surface area contributed by atoms with Crippen LogP contribution in [0.3, 0.4) is 0 Å². The minimum absolute atomic E-state index is 0.0288. The Balaban J connectivity index is 1.56. The van der Waals surface area contributed by atoms with Crippen LogP contribution in [0.1, 0.15) is 36.0 Å². The van der Waals surface area contributed by atoms with E-state index >= 15 is 0 Å². The van der Waals surface area contributed by atoms with Gasteiger partial charge in [0.15, 0.2) is 11.6 Å². The number of thiol groups is 1. The van der Waals surface area contributed by atoms with Crippen molar-refractivity contribution in [3.8, 4) is 5.75 Å². The highest BCUT2D eigenvalue weighted by Gasteiger charge is 2.27. The fourth-order valence-electron chi connectivity index (χ4n) is 4.08. The van der Waals surface area contributed by atoms with Crippen LogP contribution < -0.4 is 25.4 Å². The SMILES string of the molecule is O=C1NCCOc2c(Nc3ncc(Cl)c(N[C@@H]4CCCC[C@@H]4CN[SH](=O)=O)n3)cc(F)cc21. The summed E-state index contributed by atoms with van der Waals surface area (Å²) in [5.74, 6) is -0.237. The number of aromatic nitrogens is 2. The van der Waals surface area contributed by atoms with Gasteiger partial charge in [0.05, 0.1) is 24.0 Å². The number of hydrogen-bond donors (Lipinski definition) is 5. The van der Waals surface area contributed by atoms with Crippen molar-refractivity contribution in [1.29, 1.82) is 0 Å². The van der Waals surface area contributed by atoms with E-state index in [0.29, 0.717) is 23.9 Å². The summed E-state index contributed by atoms with van der Waals surface area (Å²) >= 11 is 6.31. The highest BCUT2D eigenvalue weighted by Crippen LogP contribution is 2.34. The number of nitrogens with one attached hydrogen (secondary N) is 4. The quantitative estimate of drug-likeness (QED) is 0.367. The molecule has 4 rings (SSSR count). The summed E-state index contributed by atoms with van der Waals surface area (Å²) in [6.45, 7) is 0.871. The molecule has 0 spiro atoms. The molecule has 2 atom stereocenters. The molecule has 0 radical (unpaired) electrons. The van der Waals surface area contributed by atoms with E-state index in [-0.39, 0.29) is 41.5 Å². The van der Waals surface area contributed by atoms with Gasteiger partial charge in [0.25, 0.3) is 5.91 Å². The Hall–Kier alpha value is -2.70. The Morgan fingerprint density at radius 2 is 2.09 bits per heavy atom. The molecule has 1 amide bonds. The summed E-state index contributed by atoms with van der Waals surface area (Å²) in [4.78, 5) is 20.8. The summed E-state index contributed by atoms with van der Waals surface area (Å²) in [6, 6.07) is 2.29. The summed E-state index contributed by atoms with van der Waals surface area (Å²) in [5, 5.41) is 9.16. The second kappa shape index (κ2) is 10.5. The molecule has 1 aromatic carbocycles. The number of hydrogen-bond acceptors (Lipinski definition) is 8. The third-order valence-corrected chi connectivity index (χ3v) is 6.35. The largest absolute Gasteiger partial charge is 0.489 e. The number of halogens is 2. The van der Waals surface area contributed by atoms with Crippen LogP contribution in [0.2, 0.25) is 5.02 Å². The number of anilines is 3.